The Hall–Kier alpha value is -2.35. The van der Waals surface area contributed by atoms with E-state index in [0.717, 1.165) is 18.6 Å². The van der Waals surface area contributed by atoms with Gasteiger partial charge >= 0.3 is 0 Å². The third kappa shape index (κ3) is 3.37. The van der Waals surface area contributed by atoms with Crippen molar-refractivity contribution in [2.45, 2.75) is 11.3 Å². The molecule has 0 atom stereocenters. The predicted octanol–water partition coefficient (Wildman–Crippen LogP) is 2.93. The minimum Gasteiger partial charge on any atom is -0.490 e. The first kappa shape index (κ1) is 15.5. The third-order valence-electron chi connectivity index (χ3n) is 3.20. The zero-order chi connectivity index (χ0) is 16.4. The lowest BCUT2D eigenvalue weighted by Crippen LogP contribution is -2.13. The van der Waals surface area contributed by atoms with Gasteiger partial charge in [-0.15, -0.1) is 0 Å². The second-order valence-electron chi connectivity index (χ2n) is 4.89. The zero-order valence-electron chi connectivity index (χ0n) is 11.9. The van der Waals surface area contributed by atoms with Crippen molar-refractivity contribution in [1.29, 1.82) is 0 Å². The fraction of sp³-hybridized carbons (Fsp3) is 0.200. The number of halogens is 2. The van der Waals surface area contributed by atoms with Gasteiger partial charge < -0.3 is 9.47 Å². The Morgan fingerprint density at radius 3 is 2.39 bits per heavy atom. The van der Waals surface area contributed by atoms with Crippen LogP contribution in [0.1, 0.15) is 6.42 Å². The number of rotatable bonds is 3. The largest absolute Gasteiger partial charge is 0.490 e. The minimum atomic E-state index is -4.04. The molecule has 0 radical (unpaired) electrons. The number of ether oxygens (including phenoxy) is 2. The van der Waals surface area contributed by atoms with Gasteiger partial charge in [-0.25, -0.2) is 17.2 Å². The van der Waals surface area contributed by atoms with E-state index in [1.54, 1.807) is 6.07 Å². The molecular weight excluding hydrogens is 328 g/mol. The van der Waals surface area contributed by atoms with Crippen molar-refractivity contribution in [2.75, 3.05) is 17.9 Å². The van der Waals surface area contributed by atoms with Gasteiger partial charge in [0.2, 0.25) is 0 Å². The molecule has 1 aliphatic heterocycles. The molecule has 1 N–H and O–H groups in total. The number of nitrogens with one attached hydrogen (secondary N) is 1. The second kappa shape index (κ2) is 6.04. The lowest BCUT2D eigenvalue weighted by atomic mass is 10.3. The summed E-state index contributed by atoms with van der Waals surface area (Å²) in [6, 6.07) is 6.95. The van der Waals surface area contributed by atoms with Crippen molar-refractivity contribution in [3.8, 4) is 11.5 Å². The molecule has 0 bridgehead atoms. The molecule has 0 spiro atoms. The molecule has 23 heavy (non-hydrogen) atoms. The van der Waals surface area contributed by atoms with Crippen LogP contribution in [0.2, 0.25) is 0 Å². The molecule has 8 heteroatoms. The lowest BCUT2D eigenvalue weighted by molar-refractivity contribution is 0.297. The molecule has 2 aromatic carbocycles. The standard InChI is InChI=1S/C15H13F2NO4S/c16-12-4-3-11(9-13(12)17)23(19,20)18-10-2-5-14-15(8-10)22-7-1-6-21-14/h2-5,8-9,18H,1,6-7H2. The minimum absolute atomic E-state index is 0.235. The van der Waals surface area contributed by atoms with Gasteiger partial charge in [-0.05, 0) is 30.3 Å². The van der Waals surface area contributed by atoms with Crippen LogP contribution in [0.5, 0.6) is 11.5 Å². The number of sulfonamides is 1. The molecule has 1 heterocycles. The Balaban J connectivity index is 1.88. The van der Waals surface area contributed by atoms with E-state index in [9.17, 15) is 17.2 Å². The Labute approximate surface area is 131 Å². The predicted molar refractivity (Wildman–Crippen MR) is 79.2 cm³/mol. The molecule has 0 aliphatic carbocycles. The monoisotopic (exact) mass is 341 g/mol. The van der Waals surface area contributed by atoms with Gasteiger partial charge in [0.25, 0.3) is 10.0 Å². The Bertz CT molecular complexity index is 839. The van der Waals surface area contributed by atoms with E-state index in [4.69, 9.17) is 9.47 Å². The molecule has 0 unspecified atom stereocenters. The van der Waals surface area contributed by atoms with Crippen LogP contribution in [-0.2, 0) is 10.0 Å². The number of hydrogen-bond acceptors (Lipinski definition) is 4. The summed E-state index contributed by atoms with van der Waals surface area (Å²) in [5.74, 6) is -1.39. The van der Waals surface area contributed by atoms with E-state index >= 15 is 0 Å². The van der Waals surface area contributed by atoms with Crippen molar-refractivity contribution in [3.63, 3.8) is 0 Å². The summed E-state index contributed by atoms with van der Waals surface area (Å²) in [6.45, 7) is 0.985. The summed E-state index contributed by atoms with van der Waals surface area (Å²) in [4.78, 5) is -0.372. The molecule has 0 saturated heterocycles. The van der Waals surface area contributed by atoms with Gasteiger partial charge in [-0.1, -0.05) is 0 Å². The maximum Gasteiger partial charge on any atom is 0.262 e. The molecular formula is C15H13F2NO4S. The smallest absolute Gasteiger partial charge is 0.262 e. The van der Waals surface area contributed by atoms with Gasteiger partial charge in [-0.3, -0.25) is 4.72 Å². The van der Waals surface area contributed by atoms with Gasteiger partial charge in [0.1, 0.15) is 0 Å². The normalized spacial score (nSPS) is 14.2. The van der Waals surface area contributed by atoms with Crippen molar-refractivity contribution in [2.24, 2.45) is 0 Å². The van der Waals surface area contributed by atoms with E-state index in [0.29, 0.717) is 30.8 Å². The number of anilines is 1. The van der Waals surface area contributed by atoms with Crippen molar-refractivity contribution >= 4 is 15.7 Å². The first-order chi connectivity index (χ1) is 11.0. The van der Waals surface area contributed by atoms with Crippen molar-refractivity contribution in [3.05, 3.63) is 48.0 Å². The molecule has 5 nitrogen and oxygen atoms in total. The molecule has 122 valence electrons. The van der Waals surface area contributed by atoms with E-state index < -0.39 is 21.7 Å². The SMILES string of the molecule is O=S(=O)(Nc1ccc2c(c1)OCCCO2)c1ccc(F)c(F)c1. The molecule has 1 aliphatic rings. The number of benzene rings is 2. The van der Waals surface area contributed by atoms with Gasteiger partial charge in [-0.2, -0.15) is 0 Å². The fourth-order valence-electron chi connectivity index (χ4n) is 2.08. The quantitative estimate of drug-likeness (QED) is 0.932. The van der Waals surface area contributed by atoms with Crippen LogP contribution in [0.4, 0.5) is 14.5 Å². The number of fused-ring (bicyclic) bond motifs is 1. The average Bonchev–Trinajstić information content (AvgIpc) is 2.74. The van der Waals surface area contributed by atoms with Crippen LogP contribution < -0.4 is 14.2 Å². The maximum atomic E-state index is 13.2. The van der Waals surface area contributed by atoms with Gasteiger partial charge in [0, 0.05) is 12.5 Å². The fourth-order valence-corrected chi connectivity index (χ4v) is 3.15. The Morgan fingerprint density at radius 2 is 1.65 bits per heavy atom. The highest BCUT2D eigenvalue weighted by Gasteiger charge is 2.18. The van der Waals surface area contributed by atoms with E-state index in [-0.39, 0.29) is 10.6 Å². The Morgan fingerprint density at radius 1 is 0.913 bits per heavy atom. The summed E-state index contributed by atoms with van der Waals surface area (Å²) in [5, 5.41) is 0. The van der Waals surface area contributed by atoms with E-state index in [2.05, 4.69) is 4.72 Å². The van der Waals surface area contributed by atoms with Crippen LogP contribution in [0.25, 0.3) is 0 Å². The molecule has 0 fully saturated rings. The molecule has 0 amide bonds. The highest BCUT2D eigenvalue weighted by Crippen LogP contribution is 2.33. The summed E-state index contributed by atoms with van der Waals surface area (Å²) in [7, 11) is -4.04. The first-order valence-corrected chi connectivity index (χ1v) is 8.31. The summed E-state index contributed by atoms with van der Waals surface area (Å²) in [5.41, 5.74) is 0.235. The molecule has 0 aromatic heterocycles. The molecule has 3 rings (SSSR count). The van der Waals surface area contributed by atoms with Gasteiger partial charge in [0.15, 0.2) is 23.1 Å². The lowest BCUT2D eigenvalue weighted by Gasteiger charge is -2.12. The summed E-state index contributed by atoms with van der Waals surface area (Å²) < 4.78 is 63.8. The third-order valence-corrected chi connectivity index (χ3v) is 4.58. The van der Waals surface area contributed by atoms with Crippen LogP contribution >= 0.6 is 0 Å². The van der Waals surface area contributed by atoms with E-state index in [1.807, 2.05) is 0 Å². The van der Waals surface area contributed by atoms with Gasteiger partial charge in [0.05, 0.1) is 23.8 Å². The van der Waals surface area contributed by atoms with Crippen LogP contribution in [0, 0.1) is 11.6 Å². The second-order valence-corrected chi connectivity index (χ2v) is 6.58. The highest BCUT2D eigenvalue weighted by molar-refractivity contribution is 7.92. The topological polar surface area (TPSA) is 64.6 Å². The van der Waals surface area contributed by atoms with Crippen LogP contribution in [-0.4, -0.2) is 21.6 Å². The maximum absolute atomic E-state index is 13.2. The first-order valence-electron chi connectivity index (χ1n) is 6.83. The number of hydrogen-bond donors (Lipinski definition) is 1. The average molecular weight is 341 g/mol. The highest BCUT2D eigenvalue weighted by atomic mass is 32.2. The molecule has 0 saturated carbocycles. The van der Waals surface area contributed by atoms with Crippen LogP contribution in [0.3, 0.4) is 0 Å². The zero-order valence-corrected chi connectivity index (χ0v) is 12.7. The summed E-state index contributed by atoms with van der Waals surface area (Å²) >= 11 is 0. The summed E-state index contributed by atoms with van der Waals surface area (Å²) in [6.07, 6.45) is 0.727. The molecule has 2 aromatic rings. The van der Waals surface area contributed by atoms with E-state index in [1.165, 1.54) is 12.1 Å². The van der Waals surface area contributed by atoms with Crippen molar-refractivity contribution in [1.82, 2.24) is 0 Å². The Kier molecular flexibility index (Phi) is 4.08. The van der Waals surface area contributed by atoms with Crippen LogP contribution in [0.15, 0.2) is 41.3 Å². The van der Waals surface area contributed by atoms with Crippen molar-refractivity contribution < 1.29 is 26.7 Å².